The fourth-order valence-electron chi connectivity index (χ4n) is 1.20. The Kier molecular flexibility index (Phi) is 3.04. The molecule has 0 aromatic carbocycles. The number of rotatable bonds is 5. The van der Waals surface area contributed by atoms with Crippen molar-refractivity contribution in [2.24, 2.45) is 5.92 Å². The van der Waals surface area contributed by atoms with Crippen molar-refractivity contribution in [3.63, 3.8) is 0 Å². The van der Waals surface area contributed by atoms with E-state index in [0.717, 1.165) is 18.2 Å². The van der Waals surface area contributed by atoms with E-state index in [0.29, 0.717) is 17.4 Å². The van der Waals surface area contributed by atoms with E-state index in [1.165, 1.54) is 24.6 Å². The van der Waals surface area contributed by atoms with Crippen molar-refractivity contribution in [3.8, 4) is 6.07 Å². The molecule has 0 radical (unpaired) electrons. The molecule has 0 atom stereocenters. The SMILES string of the molecule is N#CCSCc1nc(CC2CC2)no1. The third kappa shape index (κ3) is 2.74. The Morgan fingerprint density at radius 1 is 1.57 bits per heavy atom. The van der Waals surface area contributed by atoms with Crippen molar-refractivity contribution >= 4 is 11.8 Å². The van der Waals surface area contributed by atoms with E-state index in [1.54, 1.807) is 0 Å². The number of hydrogen-bond donors (Lipinski definition) is 0. The molecular weight excluding hydrogens is 198 g/mol. The standard InChI is InChI=1S/C9H11N3OS/c10-3-4-14-6-9-11-8(12-13-9)5-7-1-2-7/h7H,1-2,4-6H2. The molecule has 0 N–H and O–H groups in total. The van der Waals surface area contributed by atoms with Gasteiger partial charge in [0.25, 0.3) is 0 Å². The topological polar surface area (TPSA) is 62.7 Å². The Hall–Kier alpha value is -1.02. The highest BCUT2D eigenvalue weighted by Crippen LogP contribution is 2.31. The van der Waals surface area contributed by atoms with Crippen molar-refractivity contribution in [2.75, 3.05) is 5.75 Å². The van der Waals surface area contributed by atoms with E-state index in [1.807, 2.05) is 0 Å². The van der Waals surface area contributed by atoms with Crippen LogP contribution in [0, 0.1) is 17.2 Å². The van der Waals surface area contributed by atoms with Crippen LogP contribution in [0.25, 0.3) is 0 Å². The van der Waals surface area contributed by atoms with E-state index in [-0.39, 0.29) is 0 Å². The molecule has 2 rings (SSSR count). The van der Waals surface area contributed by atoms with Crippen molar-refractivity contribution in [2.45, 2.75) is 25.0 Å². The number of aromatic nitrogens is 2. The maximum atomic E-state index is 8.34. The average Bonchev–Trinajstić information content (AvgIpc) is 2.87. The van der Waals surface area contributed by atoms with Crippen molar-refractivity contribution < 1.29 is 4.52 Å². The Morgan fingerprint density at radius 2 is 2.43 bits per heavy atom. The van der Waals surface area contributed by atoms with Crippen LogP contribution >= 0.6 is 11.8 Å². The first-order valence-corrected chi connectivity index (χ1v) is 5.80. The van der Waals surface area contributed by atoms with Gasteiger partial charge >= 0.3 is 0 Å². The summed E-state index contributed by atoms with van der Waals surface area (Å²) in [4.78, 5) is 4.25. The maximum Gasteiger partial charge on any atom is 0.236 e. The molecule has 1 fully saturated rings. The van der Waals surface area contributed by atoms with Gasteiger partial charge in [-0.05, 0) is 18.8 Å². The molecule has 1 aromatic rings. The van der Waals surface area contributed by atoms with E-state index in [9.17, 15) is 0 Å². The minimum absolute atomic E-state index is 0.473. The summed E-state index contributed by atoms with van der Waals surface area (Å²) in [6.07, 6.45) is 3.55. The number of nitrogens with zero attached hydrogens (tertiary/aromatic N) is 3. The van der Waals surface area contributed by atoms with Gasteiger partial charge in [-0.25, -0.2) is 0 Å². The van der Waals surface area contributed by atoms with Crippen molar-refractivity contribution in [3.05, 3.63) is 11.7 Å². The van der Waals surface area contributed by atoms with Crippen LogP contribution in [-0.2, 0) is 12.2 Å². The van der Waals surface area contributed by atoms with E-state index in [2.05, 4.69) is 16.2 Å². The molecule has 4 nitrogen and oxygen atoms in total. The van der Waals surface area contributed by atoms with Gasteiger partial charge in [-0.15, -0.1) is 11.8 Å². The van der Waals surface area contributed by atoms with Crippen LogP contribution < -0.4 is 0 Å². The summed E-state index contributed by atoms with van der Waals surface area (Å²) >= 11 is 1.50. The molecule has 0 bridgehead atoms. The van der Waals surface area contributed by atoms with Gasteiger partial charge in [0, 0.05) is 6.42 Å². The predicted octanol–water partition coefficient (Wildman–Crippen LogP) is 1.78. The van der Waals surface area contributed by atoms with Crippen LogP contribution in [0.15, 0.2) is 4.52 Å². The molecule has 1 saturated carbocycles. The highest BCUT2D eigenvalue weighted by atomic mass is 32.2. The largest absolute Gasteiger partial charge is 0.338 e. The highest BCUT2D eigenvalue weighted by Gasteiger charge is 2.23. The van der Waals surface area contributed by atoms with Gasteiger partial charge in [-0.3, -0.25) is 0 Å². The second-order valence-corrected chi connectivity index (χ2v) is 4.39. The third-order valence-electron chi connectivity index (χ3n) is 2.07. The number of thioether (sulfide) groups is 1. The first kappa shape index (κ1) is 9.53. The zero-order chi connectivity index (χ0) is 9.80. The fraction of sp³-hybridized carbons (Fsp3) is 0.667. The predicted molar refractivity (Wildman–Crippen MR) is 52.5 cm³/mol. The molecule has 1 aliphatic carbocycles. The zero-order valence-corrected chi connectivity index (χ0v) is 8.59. The minimum atomic E-state index is 0.473. The zero-order valence-electron chi connectivity index (χ0n) is 7.77. The van der Waals surface area contributed by atoms with Gasteiger partial charge < -0.3 is 4.52 Å². The number of nitriles is 1. The Morgan fingerprint density at radius 3 is 3.14 bits per heavy atom. The summed E-state index contributed by atoms with van der Waals surface area (Å²) in [6.45, 7) is 0. The van der Waals surface area contributed by atoms with Gasteiger partial charge in [-0.1, -0.05) is 5.16 Å². The lowest BCUT2D eigenvalue weighted by atomic mass is 10.3. The monoisotopic (exact) mass is 209 g/mol. The van der Waals surface area contributed by atoms with Crippen molar-refractivity contribution in [1.29, 1.82) is 5.26 Å². The average molecular weight is 209 g/mol. The second kappa shape index (κ2) is 4.47. The molecule has 1 aromatic heterocycles. The first-order chi connectivity index (χ1) is 6.88. The smallest absolute Gasteiger partial charge is 0.236 e. The lowest BCUT2D eigenvalue weighted by Gasteiger charge is -1.87. The minimum Gasteiger partial charge on any atom is -0.338 e. The Balaban J connectivity index is 1.80. The number of hydrogen-bond acceptors (Lipinski definition) is 5. The first-order valence-electron chi connectivity index (χ1n) is 4.64. The molecule has 0 unspecified atom stereocenters. The van der Waals surface area contributed by atoms with Crippen LogP contribution in [0.2, 0.25) is 0 Å². The molecule has 0 aliphatic heterocycles. The van der Waals surface area contributed by atoms with Gasteiger partial charge in [-0.2, -0.15) is 10.2 Å². The highest BCUT2D eigenvalue weighted by molar-refractivity contribution is 7.98. The Bertz CT molecular complexity index is 340. The summed E-state index contributed by atoms with van der Waals surface area (Å²) in [5.41, 5.74) is 0. The van der Waals surface area contributed by atoms with Crippen LogP contribution in [0.4, 0.5) is 0 Å². The summed E-state index contributed by atoms with van der Waals surface area (Å²) in [5.74, 6) is 3.36. The molecule has 1 heterocycles. The normalized spacial score (nSPS) is 15.4. The second-order valence-electron chi connectivity index (χ2n) is 3.40. The lowest BCUT2D eigenvalue weighted by molar-refractivity contribution is 0.384. The molecule has 1 aliphatic rings. The summed E-state index contributed by atoms with van der Waals surface area (Å²) in [6, 6.07) is 2.06. The van der Waals surface area contributed by atoms with Gasteiger partial charge in [0.1, 0.15) is 0 Å². The van der Waals surface area contributed by atoms with Crippen LogP contribution in [0.3, 0.4) is 0 Å². The molecule has 5 heteroatoms. The molecule has 74 valence electrons. The van der Waals surface area contributed by atoms with Gasteiger partial charge in [0.05, 0.1) is 17.6 Å². The summed E-state index contributed by atoms with van der Waals surface area (Å²) in [7, 11) is 0. The van der Waals surface area contributed by atoms with E-state index in [4.69, 9.17) is 9.78 Å². The lowest BCUT2D eigenvalue weighted by Crippen LogP contribution is -1.90. The summed E-state index contributed by atoms with van der Waals surface area (Å²) < 4.78 is 5.05. The fourth-order valence-corrected chi connectivity index (χ4v) is 1.68. The van der Waals surface area contributed by atoms with Gasteiger partial charge in [0.15, 0.2) is 5.82 Å². The maximum absolute atomic E-state index is 8.34. The van der Waals surface area contributed by atoms with Crippen LogP contribution in [0.5, 0.6) is 0 Å². The summed E-state index contributed by atoms with van der Waals surface area (Å²) in [5, 5.41) is 12.2. The third-order valence-corrected chi connectivity index (χ3v) is 2.85. The molecular formula is C9H11N3OS. The van der Waals surface area contributed by atoms with E-state index < -0.39 is 0 Å². The van der Waals surface area contributed by atoms with Gasteiger partial charge in [0.2, 0.25) is 5.89 Å². The quantitative estimate of drug-likeness (QED) is 0.692. The van der Waals surface area contributed by atoms with Crippen molar-refractivity contribution in [1.82, 2.24) is 10.1 Å². The van der Waals surface area contributed by atoms with Crippen LogP contribution in [0.1, 0.15) is 24.6 Å². The Labute approximate surface area is 86.7 Å². The molecule has 14 heavy (non-hydrogen) atoms. The molecule has 0 spiro atoms. The van der Waals surface area contributed by atoms with Crippen LogP contribution in [-0.4, -0.2) is 15.9 Å². The van der Waals surface area contributed by atoms with E-state index >= 15 is 0 Å². The molecule has 0 amide bonds. The molecule has 0 saturated heterocycles.